The van der Waals surface area contributed by atoms with Gasteiger partial charge in [0.25, 0.3) is 0 Å². The summed E-state index contributed by atoms with van der Waals surface area (Å²) in [5.74, 6) is -0.800. The monoisotopic (exact) mass is 241 g/mol. The molecule has 0 aromatic heterocycles. The van der Waals surface area contributed by atoms with Crippen LogP contribution in [0.3, 0.4) is 0 Å². The molecule has 1 rings (SSSR count). The predicted molar refractivity (Wildman–Crippen MR) is 60.9 cm³/mol. The maximum Gasteiger partial charge on any atom is 0.302 e. The van der Waals surface area contributed by atoms with E-state index in [1.54, 1.807) is 0 Å². The summed E-state index contributed by atoms with van der Waals surface area (Å²) >= 11 is 0. The largest absolute Gasteiger partial charge is 0.466 e. The summed E-state index contributed by atoms with van der Waals surface area (Å²) in [6.07, 6.45) is 1.16. The van der Waals surface area contributed by atoms with Crippen molar-refractivity contribution in [2.45, 2.75) is 33.6 Å². The van der Waals surface area contributed by atoms with Gasteiger partial charge in [-0.15, -0.1) is 0 Å². The molecule has 1 fully saturated rings. The van der Waals surface area contributed by atoms with Gasteiger partial charge in [0.1, 0.15) is 0 Å². The molecule has 17 heavy (non-hydrogen) atoms. The van der Waals surface area contributed by atoms with Crippen molar-refractivity contribution in [1.29, 1.82) is 0 Å². The second-order valence-corrected chi connectivity index (χ2v) is 4.48. The Hall–Kier alpha value is -1.39. The molecular weight excluding hydrogens is 222 g/mol. The van der Waals surface area contributed by atoms with Gasteiger partial charge in [0.05, 0.1) is 12.5 Å². The molecule has 1 aliphatic heterocycles. The van der Waals surface area contributed by atoms with Crippen LogP contribution in [0, 0.1) is 11.8 Å². The molecule has 0 saturated carbocycles. The second kappa shape index (κ2) is 5.80. The smallest absolute Gasteiger partial charge is 0.302 e. The molecule has 0 aromatic rings. The van der Waals surface area contributed by atoms with E-state index in [0.717, 1.165) is 6.42 Å². The molecule has 0 spiro atoms. The van der Waals surface area contributed by atoms with Crippen LogP contribution in [0.4, 0.5) is 0 Å². The van der Waals surface area contributed by atoms with Gasteiger partial charge in [-0.25, -0.2) is 0 Å². The zero-order chi connectivity index (χ0) is 13.0. The number of hydrogen-bond acceptors (Lipinski definition) is 4. The Labute approximate surface area is 101 Å². The fourth-order valence-corrected chi connectivity index (χ4v) is 1.81. The molecule has 0 radical (unpaired) electrons. The van der Waals surface area contributed by atoms with E-state index in [-0.39, 0.29) is 36.2 Å². The van der Waals surface area contributed by atoms with Gasteiger partial charge in [-0.1, -0.05) is 13.8 Å². The van der Waals surface area contributed by atoms with E-state index < -0.39 is 0 Å². The average Bonchev–Trinajstić information content (AvgIpc) is 2.24. The summed E-state index contributed by atoms with van der Waals surface area (Å²) in [6, 6.07) is 0. The lowest BCUT2D eigenvalue weighted by molar-refractivity contribution is -0.163. The summed E-state index contributed by atoms with van der Waals surface area (Å²) in [6.45, 7) is 5.80. The van der Waals surface area contributed by atoms with Gasteiger partial charge in [-0.2, -0.15) is 0 Å². The minimum atomic E-state index is -0.345. The quantitative estimate of drug-likeness (QED) is 0.531. The third-order valence-corrected chi connectivity index (χ3v) is 2.96. The fraction of sp³-hybridized carbons (Fsp3) is 0.750. The first-order valence-electron chi connectivity index (χ1n) is 5.95. The molecule has 1 saturated heterocycles. The van der Waals surface area contributed by atoms with E-state index in [9.17, 15) is 14.4 Å². The highest BCUT2D eigenvalue weighted by Gasteiger charge is 2.43. The van der Waals surface area contributed by atoms with Crippen molar-refractivity contribution in [2.24, 2.45) is 11.8 Å². The van der Waals surface area contributed by atoms with Crippen LogP contribution in [0.2, 0.25) is 0 Å². The lowest BCUT2D eigenvalue weighted by Crippen LogP contribution is -2.57. The number of β-lactam (4-membered cyclic amide) rings is 1. The summed E-state index contributed by atoms with van der Waals surface area (Å²) < 4.78 is 4.86. The van der Waals surface area contributed by atoms with Crippen LogP contribution in [-0.4, -0.2) is 35.8 Å². The van der Waals surface area contributed by atoms with E-state index in [1.165, 1.54) is 11.8 Å². The topological polar surface area (TPSA) is 63.7 Å². The van der Waals surface area contributed by atoms with Crippen LogP contribution in [0.25, 0.3) is 0 Å². The third-order valence-electron chi connectivity index (χ3n) is 2.96. The summed E-state index contributed by atoms with van der Waals surface area (Å²) in [5.41, 5.74) is 0. The standard InChI is InChI=1S/C12H19NO4/c1-4-5-11(15)13-6-10(12(13)16)8(2)7-17-9(3)14/h8,10H,4-7H2,1-3H3/t8-,10-/m1/s1. The Morgan fingerprint density at radius 1 is 1.53 bits per heavy atom. The number of carbonyl (C=O) groups excluding carboxylic acids is 3. The first-order valence-corrected chi connectivity index (χ1v) is 5.95. The Balaban J connectivity index is 2.38. The molecular formula is C12H19NO4. The van der Waals surface area contributed by atoms with Crippen molar-refractivity contribution in [3.63, 3.8) is 0 Å². The van der Waals surface area contributed by atoms with Crippen LogP contribution in [0.5, 0.6) is 0 Å². The number of likely N-dealkylation sites (tertiary alicyclic amines) is 1. The van der Waals surface area contributed by atoms with Crippen molar-refractivity contribution in [3.8, 4) is 0 Å². The molecule has 0 aromatic carbocycles. The van der Waals surface area contributed by atoms with E-state index in [4.69, 9.17) is 4.74 Å². The van der Waals surface area contributed by atoms with Crippen molar-refractivity contribution in [1.82, 2.24) is 4.90 Å². The van der Waals surface area contributed by atoms with Crippen LogP contribution in [0.15, 0.2) is 0 Å². The van der Waals surface area contributed by atoms with Gasteiger partial charge in [-0.05, 0) is 6.42 Å². The molecule has 1 heterocycles. The zero-order valence-electron chi connectivity index (χ0n) is 10.6. The number of ether oxygens (including phenoxy) is 1. The zero-order valence-corrected chi connectivity index (χ0v) is 10.6. The fourth-order valence-electron chi connectivity index (χ4n) is 1.81. The van der Waals surface area contributed by atoms with Gasteiger partial charge in [0.15, 0.2) is 0 Å². The van der Waals surface area contributed by atoms with Crippen molar-refractivity contribution >= 4 is 17.8 Å². The van der Waals surface area contributed by atoms with E-state index >= 15 is 0 Å². The summed E-state index contributed by atoms with van der Waals surface area (Å²) in [4.78, 5) is 35.2. The van der Waals surface area contributed by atoms with Gasteiger partial charge in [0.2, 0.25) is 11.8 Å². The molecule has 0 aliphatic carbocycles. The van der Waals surface area contributed by atoms with Crippen LogP contribution in [0.1, 0.15) is 33.6 Å². The number of imide groups is 1. The number of nitrogens with zero attached hydrogens (tertiary/aromatic N) is 1. The molecule has 0 bridgehead atoms. The van der Waals surface area contributed by atoms with Gasteiger partial charge >= 0.3 is 5.97 Å². The minimum absolute atomic E-state index is 0.0305. The van der Waals surface area contributed by atoms with Gasteiger partial charge in [-0.3, -0.25) is 19.3 Å². The number of carbonyl (C=O) groups is 3. The van der Waals surface area contributed by atoms with E-state index in [0.29, 0.717) is 13.0 Å². The lowest BCUT2D eigenvalue weighted by atomic mass is 9.86. The Kier molecular flexibility index (Phi) is 4.66. The highest BCUT2D eigenvalue weighted by Crippen LogP contribution is 2.26. The highest BCUT2D eigenvalue weighted by atomic mass is 16.5. The van der Waals surface area contributed by atoms with Gasteiger partial charge < -0.3 is 4.74 Å². The molecule has 2 amide bonds. The van der Waals surface area contributed by atoms with Gasteiger partial charge in [0, 0.05) is 25.8 Å². The first-order chi connectivity index (χ1) is 7.97. The maximum atomic E-state index is 11.7. The number of hydrogen-bond donors (Lipinski definition) is 0. The summed E-state index contributed by atoms with van der Waals surface area (Å²) in [5, 5.41) is 0. The molecule has 1 aliphatic rings. The minimum Gasteiger partial charge on any atom is -0.466 e. The molecule has 0 N–H and O–H groups in total. The molecule has 0 unspecified atom stereocenters. The number of rotatable bonds is 5. The Bertz CT molecular complexity index is 326. The average molecular weight is 241 g/mol. The van der Waals surface area contributed by atoms with Crippen LogP contribution < -0.4 is 0 Å². The number of esters is 1. The molecule has 2 atom stereocenters. The predicted octanol–water partition coefficient (Wildman–Crippen LogP) is 0.971. The first kappa shape index (κ1) is 13.7. The van der Waals surface area contributed by atoms with Crippen molar-refractivity contribution < 1.29 is 19.1 Å². The molecule has 5 heteroatoms. The van der Waals surface area contributed by atoms with E-state index in [2.05, 4.69) is 0 Å². The Morgan fingerprint density at radius 3 is 2.65 bits per heavy atom. The summed E-state index contributed by atoms with van der Waals surface area (Å²) in [7, 11) is 0. The van der Waals surface area contributed by atoms with Crippen LogP contribution in [-0.2, 0) is 19.1 Å². The van der Waals surface area contributed by atoms with Crippen LogP contribution >= 0.6 is 0 Å². The lowest BCUT2D eigenvalue weighted by Gasteiger charge is -2.39. The third kappa shape index (κ3) is 3.28. The highest BCUT2D eigenvalue weighted by molar-refractivity contribution is 6.01. The normalized spacial score (nSPS) is 20.8. The second-order valence-electron chi connectivity index (χ2n) is 4.48. The Morgan fingerprint density at radius 2 is 2.18 bits per heavy atom. The van der Waals surface area contributed by atoms with E-state index in [1.807, 2.05) is 13.8 Å². The molecule has 96 valence electrons. The maximum absolute atomic E-state index is 11.7. The SMILES string of the molecule is CCCC(=O)N1C[C@H]([C@H](C)COC(C)=O)C1=O. The number of amides is 2. The van der Waals surface area contributed by atoms with Crippen molar-refractivity contribution in [3.05, 3.63) is 0 Å². The van der Waals surface area contributed by atoms with Crippen molar-refractivity contribution in [2.75, 3.05) is 13.2 Å². The molecule has 5 nitrogen and oxygen atoms in total.